The normalized spacial score (nSPS) is 15.8. The monoisotopic (exact) mass is 456 g/mol. The first-order valence-electron chi connectivity index (χ1n) is 9.43. The van der Waals surface area contributed by atoms with Gasteiger partial charge in [-0.1, -0.05) is 11.8 Å². The fourth-order valence-corrected chi connectivity index (χ4v) is 3.86. The average molecular weight is 456 g/mol. The molecule has 1 aliphatic heterocycles. The number of aliphatic hydroxyl groups is 1. The van der Waals surface area contributed by atoms with Crippen LogP contribution in [0.25, 0.3) is 6.08 Å². The Balaban J connectivity index is 2.04. The van der Waals surface area contributed by atoms with Crippen molar-refractivity contribution in [3.8, 4) is 11.5 Å². The zero-order valence-corrected chi connectivity index (χ0v) is 18.3. The number of ether oxygens (including phenoxy) is 3. The van der Waals surface area contributed by atoms with Crippen LogP contribution in [-0.4, -0.2) is 41.9 Å². The zero-order valence-electron chi connectivity index (χ0n) is 17.5. The lowest BCUT2D eigenvalue weighted by molar-refractivity contribution is -0.384. The number of aliphatic imine (C=N–C) groups is 1. The summed E-state index contributed by atoms with van der Waals surface area (Å²) in [5.41, 5.74) is 0.885. The Kier molecular flexibility index (Phi) is 7.16. The molecule has 0 spiro atoms. The largest absolute Gasteiger partial charge is 0.506 e. The quantitative estimate of drug-likeness (QED) is 0.358. The number of benzene rings is 2. The summed E-state index contributed by atoms with van der Waals surface area (Å²) >= 11 is 1.08. The molecule has 2 aromatic carbocycles. The molecule has 10 heteroatoms. The molecular weight excluding hydrogens is 436 g/mol. The summed E-state index contributed by atoms with van der Waals surface area (Å²) in [7, 11) is 3.06. The van der Waals surface area contributed by atoms with E-state index in [-0.39, 0.29) is 28.7 Å². The highest BCUT2D eigenvalue weighted by molar-refractivity contribution is 8.18. The van der Waals surface area contributed by atoms with E-state index < -0.39 is 10.9 Å². The molecule has 0 saturated heterocycles. The van der Waals surface area contributed by atoms with Crippen molar-refractivity contribution in [1.82, 2.24) is 0 Å². The topological polar surface area (TPSA) is 120 Å². The minimum Gasteiger partial charge on any atom is -0.506 e. The molecule has 0 aromatic heterocycles. The summed E-state index contributed by atoms with van der Waals surface area (Å²) in [6.45, 7) is 1.78. The average Bonchev–Trinajstić information content (AvgIpc) is 3.09. The van der Waals surface area contributed by atoms with Crippen LogP contribution < -0.4 is 9.47 Å². The van der Waals surface area contributed by atoms with Gasteiger partial charge in [-0.15, -0.1) is 0 Å². The van der Waals surface area contributed by atoms with Crippen molar-refractivity contribution >= 4 is 40.2 Å². The number of hydrogen-bond donors (Lipinski definition) is 1. The molecule has 3 rings (SSSR count). The van der Waals surface area contributed by atoms with Crippen LogP contribution in [0.4, 0.5) is 11.4 Å². The molecule has 0 amide bonds. The highest BCUT2D eigenvalue weighted by atomic mass is 32.2. The van der Waals surface area contributed by atoms with Gasteiger partial charge in [0.2, 0.25) is 0 Å². The van der Waals surface area contributed by atoms with Gasteiger partial charge in [-0.3, -0.25) is 10.1 Å². The summed E-state index contributed by atoms with van der Waals surface area (Å²) in [5, 5.41) is 21.9. The van der Waals surface area contributed by atoms with Gasteiger partial charge in [0, 0.05) is 23.8 Å². The lowest BCUT2D eigenvalue weighted by Crippen LogP contribution is -2.12. The van der Waals surface area contributed by atoms with E-state index in [1.54, 1.807) is 38.3 Å². The van der Waals surface area contributed by atoms with E-state index in [2.05, 4.69) is 4.99 Å². The summed E-state index contributed by atoms with van der Waals surface area (Å²) in [5.74, 6) is 0.134. The van der Waals surface area contributed by atoms with Crippen molar-refractivity contribution in [3.05, 3.63) is 74.4 Å². The Labute approximate surface area is 188 Å². The van der Waals surface area contributed by atoms with Crippen LogP contribution in [0.5, 0.6) is 11.5 Å². The van der Waals surface area contributed by atoms with Gasteiger partial charge in [-0.2, -0.15) is 0 Å². The smallest absolute Gasteiger partial charge is 0.344 e. The van der Waals surface area contributed by atoms with Crippen molar-refractivity contribution < 1.29 is 29.0 Å². The fraction of sp³-hybridized carbons (Fsp3) is 0.182. The first-order chi connectivity index (χ1) is 15.4. The van der Waals surface area contributed by atoms with E-state index >= 15 is 0 Å². The van der Waals surface area contributed by atoms with Crippen LogP contribution in [0.3, 0.4) is 0 Å². The van der Waals surface area contributed by atoms with Crippen LogP contribution in [0, 0.1) is 10.1 Å². The number of carbonyl (C=O) groups is 1. The first-order valence-corrected chi connectivity index (χ1v) is 10.2. The predicted octanol–water partition coefficient (Wildman–Crippen LogP) is 4.81. The molecular formula is C22H20N2O7S. The van der Waals surface area contributed by atoms with Crippen molar-refractivity contribution in [1.29, 1.82) is 0 Å². The van der Waals surface area contributed by atoms with Gasteiger partial charge in [0.05, 0.1) is 36.3 Å². The summed E-state index contributed by atoms with van der Waals surface area (Å²) in [6.07, 6.45) is 1.66. The number of methoxy groups -OCH3 is 2. The number of non-ortho nitro benzene ring substituents is 1. The number of nitro groups is 1. The summed E-state index contributed by atoms with van der Waals surface area (Å²) in [6, 6.07) is 10.7. The standard InChI is InChI=1S/C22H20N2O7S/c1-4-31-22(26)19-20(25)18(11-13-5-10-16(29-2)12-17(13)30-3)32-21(19)23-14-6-8-15(9-7-14)24(27)28/h5-12,25H,4H2,1-3H3. The molecule has 1 N–H and O–H groups in total. The molecule has 1 heterocycles. The first kappa shape index (κ1) is 22.9. The van der Waals surface area contributed by atoms with Gasteiger partial charge in [0.15, 0.2) is 0 Å². The van der Waals surface area contributed by atoms with Gasteiger partial charge >= 0.3 is 5.97 Å². The van der Waals surface area contributed by atoms with Gasteiger partial charge in [-0.05, 0) is 37.3 Å². The SMILES string of the molecule is CCOC(=O)C1=C(O)C(=Cc2ccc(OC)cc2OC)SC1=Nc1ccc([N+](=O)[O-])cc1. The second kappa shape index (κ2) is 10.0. The number of esters is 1. The van der Waals surface area contributed by atoms with Crippen LogP contribution in [0.2, 0.25) is 0 Å². The zero-order chi connectivity index (χ0) is 23.3. The van der Waals surface area contributed by atoms with E-state index in [0.717, 1.165) is 11.8 Å². The van der Waals surface area contributed by atoms with Crippen LogP contribution in [0.15, 0.2) is 63.7 Å². The van der Waals surface area contributed by atoms with Crippen molar-refractivity contribution in [2.24, 2.45) is 4.99 Å². The van der Waals surface area contributed by atoms with Crippen LogP contribution >= 0.6 is 11.8 Å². The maximum Gasteiger partial charge on any atom is 0.344 e. The molecule has 0 bridgehead atoms. The molecule has 1 aliphatic rings. The maximum absolute atomic E-state index is 12.5. The highest BCUT2D eigenvalue weighted by Gasteiger charge is 2.33. The Morgan fingerprint density at radius 2 is 1.91 bits per heavy atom. The Hall–Kier alpha value is -3.79. The Bertz CT molecular complexity index is 1140. The number of thioether (sulfide) groups is 1. The van der Waals surface area contributed by atoms with Crippen LogP contribution in [-0.2, 0) is 9.53 Å². The molecule has 9 nitrogen and oxygen atoms in total. The second-order valence-corrected chi connectivity index (χ2v) is 7.38. The van der Waals surface area contributed by atoms with Crippen molar-refractivity contribution in [2.75, 3.05) is 20.8 Å². The summed E-state index contributed by atoms with van der Waals surface area (Å²) < 4.78 is 15.7. The summed E-state index contributed by atoms with van der Waals surface area (Å²) in [4.78, 5) is 27.6. The molecule has 0 fully saturated rings. The lowest BCUT2D eigenvalue weighted by Gasteiger charge is -2.08. The molecule has 0 saturated carbocycles. The third-order valence-electron chi connectivity index (χ3n) is 4.39. The minimum atomic E-state index is -0.719. The molecule has 0 atom stereocenters. The molecule has 0 unspecified atom stereocenters. The number of nitro benzene ring substituents is 1. The van der Waals surface area contributed by atoms with Gasteiger partial charge in [-0.25, -0.2) is 9.79 Å². The molecule has 2 aromatic rings. The number of hydrogen-bond acceptors (Lipinski definition) is 9. The number of aliphatic hydroxyl groups excluding tert-OH is 1. The number of carbonyl (C=O) groups excluding carboxylic acids is 1. The molecule has 166 valence electrons. The van der Waals surface area contributed by atoms with E-state index in [4.69, 9.17) is 14.2 Å². The van der Waals surface area contributed by atoms with Crippen LogP contribution in [0.1, 0.15) is 12.5 Å². The fourth-order valence-electron chi connectivity index (χ4n) is 2.84. The van der Waals surface area contributed by atoms with E-state index in [0.29, 0.717) is 27.7 Å². The Morgan fingerprint density at radius 3 is 2.50 bits per heavy atom. The van der Waals surface area contributed by atoms with Gasteiger partial charge in [0.1, 0.15) is 27.9 Å². The molecule has 32 heavy (non-hydrogen) atoms. The highest BCUT2D eigenvalue weighted by Crippen LogP contribution is 2.41. The molecule has 0 aliphatic carbocycles. The third kappa shape index (κ3) is 4.92. The van der Waals surface area contributed by atoms with Crippen molar-refractivity contribution in [3.63, 3.8) is 0 Å². The second-order valence-electron chi connectivity index (χ2n) is 6.35. The molecule has 0 radical (unpaired) electrons. The minimum absolute atomic E-state index is 0.0751. The van der Waals surface area contributed by atoms with E-state index in [1.807, 2.05) is 0 Å². The van der Waals surface area contributed by atoms with E-state index in [9.17, 15) is 20.0 Å². The Morgan fingerprint density at radius 1 is 1.19 bits per heavy atom. The van der Waals surface area contributed by atoms with E-state index in [1.165, 1.54) is 31.4 Å². The number of rotatable bonds is 7. The lowest BCUT2D eigenvalue weighted by atomic mass is 10.1. The van der Waals surface area contributed by atoms with Gasteiger partial charge < -0.3 is 19.3 Å². The predicted molar refractivity (Wildman–Crippen MR) is 122 cm³/mol. The maximum atomic E-state index is 12.5. The van der Waals surface area contributed by atoms with Crippen molar-refractivity contribution in [2.45, 2.75) is 6.92 Å². The third-order valence-corrected chi connectivity index (χ3v) is 5.41. The number of nitrogens with zero attached hydrogens (tertiary/aromatic N) is 2. The van der Waals surface area contributed by atoms with Gasteiger partial charge in [0.25, 0.3) is 5.69 Å².